The average Bonchev–Trinajstić information content (AvgIpc) is 2.54. The average molecular weight is 365 g/mol. The second kappa shape index (κ2) is 6.60. The molecule has 0 amide bonds. The van der Waals surface area contributed by atoms with E-state index >= 15 is 0 Å². The van der Waals surface area contributed by atoms with Gasteiger partial charge in [-0.15, -0.1) is 0 Å². The minimum absolute atomic E-state index is 0.0342. The zero-order valence-corrected chi connectivity index (χ0v) is 13.4. The standard InChI is InChI=1S/C17H12ClF3N4/c18-12-3-1-2-10(8-12)14-9-15(25-16(22)24-14)23-13-6-4-11(5-7-13)17(19,20)21/h1-9H,(H3,22,23,24,25). The minimum Gasteiger partial charge on any atom is -0.368 e. The lowest BCUT2D eigenvalue weighted by Gasteiger charge is -2.10. The molecule has 0 aliphatic rings. The Labute approximate surface area is 146 Å². The first kappa shape index (κ1) is 17.0. The van der Waals surface area contributed by atoms with Gasteiger partial charge >= 0.3 is 6.18 Å². The molecule has 3 rings (SSSR count). The van der Waals surface area contributed by atoms with Crippen LogP contribution in [0.3, 0.4) is 0 Å². The molecule has 0 spiro atoms. The Hall–Kier alpha value is -2.80. The summed E-state index contributed by atoms with van der Waals surface area (Å²) >= 11 is 5.97. The van der Waals surface area contributed by atoms with E-state index in [0.717, 1.165) is 17.7 Å². The quantitative estimate of drug-likeness (QED) is 0.675. The lowest BCUT2D eigenvalue weighted by Crippen LogP contribution is -2.05. The largest absolute Gasteiger partial charge is 0.416 e. The van der Waals surface area contributed by atoms with Gasteiger partial charge in [-0.3, -0.25) is 0 Å². The highest BCUT2D eigenvalue weighted by Gasteiger charge is 2.29. The predicted molar refractivity (Wildman–Crippen MR) is 91.6 cm³/mol. The molecule has 0 bridgehead atoms. The van der Waals surface area contributed by atoms with Gasteiger partial charge in [0.1, 0.15) is 5.82 Å². The second-order valence-corrected chi connectivity index (χ2v) is 5.64. The molecule has 0 fully saturated rings. The van der Waals surface area contributed by atoms with Crippen molar-refractivity contribution in [2.24, 2.45) is 0 Å². The summed E-state index contributed by atoms with van der Waals surface area (Å²) < 4.78 is 37.8. The van der Waals surface area contributed by atoms with Crippen LogP contribution in [0.5, 0.6) is 0 Å². The fraction of sp³-hybridized carbons (Fsp3) is 0.0588. The number of anilines is 3. The Morgan fingerprint density at radius 2 is 1.68 bits per heavy atom. The topological polar surface area (TPSA) is 63.8 Å². The van der Waals surface area contributed by atoms with Gasteiger partial charge in [-0.2, -0.15) is 18.2 Å². The fourth-order valence-corrected chi connectivity index (χ4v) is 2.41. The van der Waals surface area contributed by atoms with Gasteiger partial charge in [-0.05, 0) is 36.4 Å². The summed E-state index contributed by atoms with van der Waals surface area (Å²) in [7, 11) is 0. The van der Waals surface area contributed by atoms with E-state index in [1.165, 1.54) is 12.1 Å². The third kappa shape index (κ3) is 4.19. The Morgan fingerprint density at radius 3 is 2.32 bits per heavy atom. The Morgan fingerprint density at radius 1 is 0.960 bits per heavy atom. The number of aromatic nitrogens is 2. The number of nitrogens with one attached hydrogen (secondary N) is 1. The van der Waals surface area contributed by atoms with Gasteiger partial charge in [-0.1, -0.05) is 23.7 Å². The smallest absolute Gasteiger partial charge is 0.368 e. The van der Waals surface area contributed by atoms with Crippen molar-refractivity contribution in [3.8, 4) is 11.3 Å². The van der Waals surface area contributed by atoms with Crippen LogP contribution in [-0.4, -0.2) is 9.97 Å². The summed E-state index contributed by atoms with van der Waals surface area (Å²) in [5.74, 6) is 0.397. The summed E-state index contributed by atoms with van der Waals surface area (Å²) in [6.45, 7) is 0. The van der Waals surface area contributed by atoms with Crippen molar-refractivity contribution in [1.82, 2.24) is 9.97 Å². The predicted octanol–water partition coefficient (Wildman–Crippen LogP) is 5.14. The van der Waals surface area contributed by atoms with E-state index in [9.17, 15) is 13.2 Å². The van der Waals surface area contributed by atoms with Crippen molar-refractivity contribution >= 4 is 29.1 Å². The molecule has 0 radical (unpaired) electrons. The van der Waals surface area contributed by atoms with Crippen LogP contribution in [0.25, 0.3) is 11.3 Å². The Balaban J connectivity index is 1.88. The molecule has 0 aliphatic carbocycles. The van der Waals surface area contributed by atoms with Gasteiger partial charge in [0.05, 0.1) is 11.3 Å². The molecular formula is C17H12ClF3N4. The van der Waals surface area contributed by atoms with Gasteiger partial charge in [0.15, 0.2) is 0 Å². The van der Waals surface area contributed by atoms with Gasteiger partial charge in [0.2, 0.25) is 5.95 Å². The molecule has 0 atom stereocenters. The van der Waals surface area contributed by atoms with Crippen molar-refractivity contribution in [1.29, 1.82) is 0 Å². The Kier molecular flexibility index (Phi) is 4.50. The number of nitrogen functional groups attached to an aromatic ring is 1. The highest BCUT2D eigenvalue weighted by atomic mass is 35.5. The van der Waals surface area contributed by atoms with Crippen molar-refractivity contribution in [3.63, 3.8) is 0 Å². The third-order valence-electron chi connectivity index (χ3n) is 3.35. The van der Waals surface area contributed by atoms with Gasteiger partial charge in [0.25, 0.3) is 0 Å². The molecule has 2 aromatic carbocycles. The molecule has 1 heterocycles. The number of alkyl halides is 3. The van der Waals surface area contributed by atoms with Crippen molar-refractivity contribution < 1.29 is 13.2 Å². The zero-order valence-electron chi connectivity index (χ0n) is 12.7. The lowest BCUT2D eigenvalue weighted by atomic mass is 10.1. The van der Waals surface area contributed by atoms with Crippen LogP contribution in [0.1, 0.15) is 5.56 Å². The lowest BCUT2D eigenvalue weighted by molar-refractivity contribution is -0.137. The maximum atomic E-state index is 12.6. The molecule has 0 aliphatic heterocycles. The summed E-state index contributed by atoms with van der Waals surface area (Å²) in [5, 5.41) is 3.46. The number of halogens is 4. The minimum atomic E-state index is -4.38. The number of nitrogens with two attached hydrogens (primary N) is 1. The van der Waals surface area contributed by atoms with Crippen LogP contribution >= 0.6 is 11.6 Å². The van der Waals surface area contributed by atoms with Crippen LogP contribution in [0, 0.1) is 0 Å². The van der Waals surface area contributed by atoms with Crippen molar-refractivity contribution in [3.05, 3.63) is 65.2 Å². The summed E-state index contributed by atoms with van der Waals surface area (Å²) in [6.07, 6.45) is -4.38. The van der Waals surface area contributed by atoms with E-state index in [1.54, 1.807) is 24.3 Å². The summed E-state index contributed by atoms with van der Waals surface area (Å²) in [6, 6.07) is 13.3. The first-order valence-corrected chi connectivity index (χ1v) is 7.54. The molecular weight excluding hydrogens is 353 g/mol. The molecule has 0 saturated carbocycles. The van der Waals surface area contributed by atoms with E-state index in [-0.39, 0.29) is 5.95 Å². The van der Waals surface area contributed by atoms with Gasteiger partial charge in [-0.25, -0.2) is 4.98 Å². The summed E-state index contributed by atoms with van der Waals surface area (Å²) in [5.41, 5.74) is 6.74. The van der Waals surface area contributed by atoms with Crippen molar-refractivity contribution in [2.75, 3.05) is 11.1 Å². The van der Waals surface area contributed by atoms with E-state index in [0.29, 0.717) is 22.2 Å². The fourth-order valence-electron chi connectivity index (χ4n) is 2.22. The maximum absolute atomic E-state index is 12.6. The number of rotatable bonds is 3. The second-order valence-electron chi connectivity index (χ2n) is 5.21. The molecule has 8 heteroatoms. The molecule has 3 aromatic rings. The van der Waals surface area contributed by atoms with E-state index in [1.807, 2.05) is 6.07 Å². The first-order valence-electron chi connectivity index (χ1n) is 7.16. The molecule has 3 N–H and O–H groups in total. The number of nitrogens with zero attached hydrogens (tertiary/aromatic N) is 2. The van der Waals surface area contributed by atoms with Crippen LogP contribution in [0.4, 0.5) is 30.6 Å². The van der Waals surface area contributed by atoms with Crippen LogP contribution in [0.2, 0.25) is 5.02 Å². The normalized spacial score (nSPS) is 11.4. The molecule has 0 unspecified atom stereocenters. The molecule has 25 heavy (non-hydrogen) atoms. The van der Waals surface area contributed by atoms with Crippen molar-refractivity contribution in [2.45, 2.75) is 6.18 Å². The SMILES string of the molecule is Nc1nc(Nc2ccc(C(F)(F)F)cc2)cc(-c2cccc(Cl)c2)n1. The third-order valence-corrected chi connectivity index (χ3v) is 3.58. The van der Waals surface area contributed by atoms with Gasteiger partial charge < -0.3 is 11.1 Å². The molecule has 0 saturated heterocycles. The molecule has 4 nitrogen and oxygen atoms in total. The monoisotopic (exact) mass is 364 g/mol. The van der Waals surface area contributed by atoms with Gasteiger partial charge in [0, 0.05) is 22.3 Å². The van der Waals surface area contributed by atoms with Crippen LogP contribution < -0.4 is 11.1 Å². The van der Waals surface area contributed by atoms with Crippen LogP contribution in [-0.2, 0) is 6.18 Å². The highest BCUT2D eigenvalue weighted by molar-refractivity contribution is 6.30. The summed E-state index contributed by atoms with van der Waals surface area (Å²) in [4.78, 5) is 8.20. The Bertz CT molecular complexity index is 895. The number of hydrogen-bond acceptors (Lipinski definition) is 4. The molecule has 1 aromatic heterocycles. The highest BCUT2D eigenvalue weighted by Crippen LogP contribution is 2.30. The maximum Gasteiger partial charge on any atom is 0.416 e. The zero-order chi connectivity index (χ0) is 18.0. The number of hydrogen-bond donors (Lipinski definition) is 2. The molecule has 128 valence electrons. The van der Waals surface area contributed by atoms with E-state index in [2.05, 4.69) is 15.3 Å². The first-order chi connectivity index (χ1) is 11.8. The van der Waals surface area contributed by atoms with E-state index < -0.39 is 11.7 Å². The number of benzene rings is 2. The van der Waals surface area contributed by atoms with E-state index in [4.69, 9.17) is 17.3 Å². The van der Waals surface area contributed by atoms with Crippen LogP contribution in [0.15, 0.2) is 54.6 Å².